The van der Waals surface area contributed by atoms with E-state index in [1.54, 1.807) is 0 Å². The molecular formula is C16H28N2O. The number of nitrogens with one attached hydrogen (secondary N) is 1. The van der Waals surface area contributed by atoms with E-state index in [0.717, 1.165) is 44.0 Å². The van der Waals surface area contributed by atoms with Crippen LogP contribution in [0.15, 0.2) is 12.1 Å². The van der Waals surface area contributed by atoms with Gasteiger partial charge in [-0.3, -0.25) is 0 Å². The highest BCUT2D eigenvalue weighted by molar-refractivity contribution is 5.25. The highest BCUT2D eigenvalue weighted by Crippen LogP contribution is 2.15. The van der Waals surface area contributed by atoms with Gasteiger partial charge in [-0.25, -0.2) is 4.98 Å². The third-order valence-electron chi connectivity index (χ3n) is 3.05. The van der Waals surface area contributed by atoms with Crippen LogP contribution in [0, 0.1) is 0 Å². The molecule has 0 aliphatic rings. The largest absolute Gasteiger partial charge is 0.478 e. The number of hydrogen-bond donors (Lipinski definition) is 1. The smallest absolute Gasteiger partial charge is 0.213 e. The first-order chi connectivity index (χ1) is 9.30. The lowest BCUT2D eigenvalue weighted by Crippen LogP contribution is -2.08. The molecule has 0 saturated heterocycles. The average molecular weight is 264 g/mol. The third-order valence-corrected chi connectivity index (χ3v) is 3.05. The second-order valence-corrected chi connectivity index (χ2v) is 4.99. The Morgan fingerprint density at radius 2 is 1.95 bits per heavy atom. The minimum absolute atomic E-state index is 0.779. The molecule has 1 rings (SSSR count). The average Bonchev–Trinajstić information content (AvgIpc) is 2.39. The quantitative estimate of drug-likeness (QED) is 0.654. The zero-order chi connectivity index (χ0) is 13.9. The summed E-state index contributed by atoms with van der Waals surface area (Å²) in [6.07, 6.45) is 7.05. The first-order valence-electron chi connectivity index (χ1n) is 7.57. The summed E-state index contributed by atoms with van der Waals surface area (Å²) in [6.45, 7) is 6.05. The fourth-order valence-corrected chi connectivity index (χ4v) is 2.09. The molecule has 0 bridgehead atoms. The van der Waals surface area contributed by atoms with E-state index >= 15 is 0 Å². The zero-order valence-corrected chi connectivity index (χ0v) is 12.7. The first-order valence-corrected chi connectivity index (χ1v) is 7.57. The number of rotatable bonds is 10. The Morgan fingerprint density at radius 3 is 2.63 bits per heavy atom. The van der Waals surface area contributed by atoms with E-state index in [4.69, 9.17) is 4.74 Å². The maximum Gasteiger partial charge on any atom is 0.213 e. The lowest BCUT2D eigenvalue weighted by molar-refractivity contribution is 0.292. The van der Waals surface area contributed by atoms with E-state index in [1.165, 1.54) is 24.8 Å². The van der Waals surface area contributed by atoms with Gasteiger partial charge in [-0.05, 0) is 31.5 Å². The molecule has 1 N–H and O–H groups in total. The normalized spacial score (nSPS) is 10.7. The second kappa shape index (κ2) is 9.79. The van der Waals surface area contributed by atoms with Crippen LogP contribution in [0.5, 0.6) is 5.88 Å². The summed E-state index contributed by atoms with van der Waals surface area (Å²) in [7, 11) is 1.96. The van der Waals surface area contributed by atoms with E-state index in [1.807, 2.05) is 7.05 Å². The summed E-state index contributed by atoms with van der Waals surface area (Å²) < 4.78 is 5.79. The molecule has 0 spiro atoms. The Morgan fingerprint density at radius 1 is 1.11 bits per heavy atom. The summed E-state index contributed by atoms with van der Waals surface area (Å²) in [6, 6.07) is 4.22. The van der Waals surface area contributed by atoms with Crippen molar-refractivity contribution in [2.24, 2.45) is 0 Å². The van der Waals surface area contributed by atoms with Crippen molar-refractivity contribution >= 4 is 0 Å². The van der Waals surface area contributed by atoms with Gasteiger partial charge in [0.05, 0.1) is 6.61 Å². The summed E-state index contributed by atoms with van der Waals surface area (Å²) in [5.41, 5.74) is 2.39. The molecule has 0 fully saturated rings. The lowest BCUT2D eigenvalue weighted by Gasteiger charge is -2.10. The zero-order valence-electron chi connectivity index (χ0n) is 12.7. The van der Waals surface area contributed by atoms with Crippen molar-refractivity contribution in [3.63, 3.8) is 0 Å². The monoisotopic (exact) mass is 264 g/mol. The fraction of sp³-hybridized carbons (Fsp3) is 0.688. The Balaban J connectivity index is 2.54. The standard InChI is InChI=1S/C16H28N2O/c1-4-6-7-8-10-19-16-12-14(13-17-3)11-15(18-16)9-5-2/h11-12,17H,4-10,13H2,1-3H3. The summed E-state index contributed by atoms with van der Waals surface area (Å²) in [5.74, 6) is 0.785. The van der Waals surface area contributed by atoms with E-state index < -0.39 is 0 Å². The van der Waals surface area contributed by atoms with Gasteiger partial charge in [-0.1, -0.05) is 39.5 Å². The van der Waals surface area contributed by atoms with Crippen molar-refractivity contribution in [3.05, 3.63) is 23.4 Å². The fourth-order valence-electron chi connectivity index (χ4n) is 2.09. The molecule has 1 aromatic heterocycles. The van der Waals surface area contributed by atoms with Gasteiger partial charge in [0.1, 0.15) is 0 Å². The number of nitrogens with zero attached hydrogens (tertiary/aromatic N) is 1. The molecule has 19 heavy (non-hydrogen) atoms. The van der Waals surface area contributed by atoms with Gasteiger partial charge < -0.3 is 10.1 Å². The molecule has 3 heteroatoms. The molecule has 0 aromatic carbocycles. The number of aromatic nitrogens is 1. The molecule has 0 saturated carbocycles. The maximum absolute atomic E-state index is 5.79. The van der Waals surface area contributed by atoms with Gasteiger partial charge in [-0.2, -0.15) is 0 Å². The molecule has 0 atom stereocenters. The topological polar surface area (TPSA) is 34.1 Å². The predicted octanol–water partition coefficient (Wildman–Crippen LogP) is 3.71. The molecule has 0 aliphatic carbocycles. The Hall–Kier alpha value is -1.09. The number of aryl methyl sites for hydroxylation is 1. The van der Waals surface area contributed by atoms with E-state index in [-0.39, 0.29) is 0 Å². The van der Waals surface area contributed by atoms with Crippen molar-refractivity contribution in [1.29, 1.82) is 0 Å². The van der Waals surface area contributed by atoms with Crippen LogP contribution in [-0.4, -0.2) is 18.6 Å². The molecule has 0 aliphatic heterocycles. The number of pyridine rings is 1. The predicted molar refractivity (Wildman–Crippen MR) is 80.6 cm³/mol. The van der Waals surface area contributed by atoms with E-state index in [0.29, 0.717) is 0 Å². The minimum Gasteiger partial charge on any atom is -0.478 e. The number of unbranched alkanes of at least 4 members (excludes halogenated alkanes) is 3. The van der Waals surface area contributed by atoms with Gasteiger partial charge in [0.25, 0.3) is 0 Å². The molecular weight excluding hydrogens is 236 g/mol. The van der Waals surface area contributed by atoms with Crippen molar-refractivity contribution in [3.8, 4) is 5.88 Å². The minimum atomic E-state index is 0.779. The maximum atomic E-state index is 5.79. The molecule has 0 amide bonds. The second-order valence-electron chi connectivity index (χ2n) is 4.99. The first kappa shape index (κ1) is 16.0. The van der Waals surface area contributed by atoms with Crippen molar-refractivity contribution in [2.45, 2.75) is 58.9 Å². The van der Waals surface area contributed by atoms with Gasteiger partial charge in [-0.15, -0.1) is 0 Å². The van der Waals surface area contributed by atoms with Gasteiger partial charge in [0, 0.05) is 18.3 Å². The lowest BCUT2D eigenvalue weighted by atomic mass is 10.1. The Labute approximate surface area is 117 Å². The van der Waals surface area contributed by atoms with Crippen LogP contribution >= 0.6 is 0 Å². The molecule has 108 valence electrons. The third kappa shape index (κ3) is 6.58. The highest BCUT2D eigenvalue weighted by Gasteiger charge is 2.03. The van der Waals surface area contributed by atoms with Crippen LogP contribution in [-0.2, 0) is 13.0 Å². The van der Waals surface area contributed by atoms with Gasteiger partial charge >= 0.3 is 0 Å². The van der Waals surface area contributed by atoms with Crippen LogP contribution in [0.3, 0.4) is 0 Å². The van der Waals surface area contributed by atoms with Crippen molar-refractivity contribution in [1.82, 2.24) is 10.3 Å². The van der Waals surface area contributed by atoms with E-state index in [9.17, 15) is 0 Å². The molecule has 0 unspecified atom stereocenters. The molecule has 0 radical (unpaired) electrons. The molecule has 1 heterocycles. The van der Waals surface area contributed by atoms with Crippen LogP contribution in [0.4, 0.5) is 0 Å². The Kier molecular flexibility index (Phi) is 8.23. The van der Waals surface area contributed by atoms with Crippen LogP contribution in [0.2, 0.25) is 0 Å². The van der Waals surface area contributed by atoms with Gasteiger partial charge in [0.15, 0.2) is 0 Å². The Bertz CT molecular complexity index is 328. The highest BCUT2D eigenvalue weighted by atomic mass is 16.5. The summed E-state index contributed by atoms with van der Waals surface area (Å²) in [5, 5.41) is 3.18. The summed E-state index contributed by atoms with van der Waals surface area (Å²) in [4.78, 5) is 4.57. The molecule has 3 nitrogen and oxygen atoms in total. The van der Waals surface area contributed by atoms with Gasteiger partial charge in [0.2, 0.25) is 5.88 Å². The number of ether oxygens (including phenoxy) is 1. The van der Waals surface area contributed by atoms with Crippen molar-refractivity contribution in [2.75, 3.05) is 13.7 Å². The van der Waals surface area contributed by atoms with Crippen molar-refractivity contribution < 1.29 is 4.74 Å². The van der Waals surface area contributed by atoms with Crippen LogP contribution in [0.1, 0.15) is 57.2 Å². The van der Waals surface area contributed by atoms with E-state index in [2.05, 4.69) is 36.3 Å². The SMILES string of the molecule is CCCCCCOc1cc(CNC)cc(CCC)n1. The number of hydrogen-bond acceptors (Lipinski definition) is 3. The summed E-state index contributed by atoms with van der Waals surface area (Å²) >= 11 is 0. The van der Waals surface area contributed by atoms with Crippen LogP contribution in [0.25, 0.3) is 0 Å². The molecule has 1 aromatic rings. The van der Waals surface area contributed by atoms with Crippen LogP contribution < -0.4 is 10.1 Å².